The van der Waals surface area contributed by atoms with E-state index in [1.165, 1.54) is 7.11 Å². The summed E-state index contributed by atoms with van der Waals surface area (Å²) in [6.07, 6.45) is 0.989. The number of hydrogen-bond donors (Lipinski definition) is 3. The van der Waals surface area contributed by atoms with E-state index in [2.05, 4.69) is 13.8 Å². The topological polar surface area (TPSA) is 87.0 Å². The molecule has 0 aromatic carbocycles. The molecule has 3 aliphatic rings. The summed E-state index contributed by atoms with van der Waals surface area (Å²) < 4.78 is 5.50. The van der Waals surface area contributed by atoms with Crippen molar-refractivity contribution >= 4 is 6.29 Å². The van der Waals surface area contributed by atoms with Crippen LogP contribution < -0.4 is 0 Å². The minimum absolute atomic E-state index is 0.0944. The molecule has 0 saturated heterocycles. The largest absolute Gasteiger partial charge is 0.498 e. The van der Waals surface area contributed by atoms with Gasteiger partial charge in [0.25, 0.3) is 0 Å². The molecule has 3 aliphatic carbocycles. The van der Waals surface area contributed by atoms with Gasteiger partial charge >= 0.3 is 0 Å². The number of aliphatic hydroxyl groups excluding tert-OH is 2. The van der Waals surface area contributed by atoms with Gasteiger partial charge in [-0.15, -0.1) is 0 Å². The molecule has 26 heavy (non-hydrogen) atoms. The molecule has 0 bridgehead atoms. The summed E-state index contributed by atoms with van der Waals surface area (Å²) in [5.41, 5.74) is -1.25. The van der Waals surface area contributed by atoms with Crippen LogP contribution in [0.3, 0.4) is 0 Å². The van der Waals surface area contributed by atoms with Crippen molar-refractivity contribution in [2.45, 2.75) is 71.7 Å². The predicted octanol–water partition coefficient (Wildman–Crippen LogP) is 2.35. The second kappa shape index (κ2) is 5.91. The maximum atomic E-state index is 12.2. The zero-order chi connectivity index (χ0) is 19.7. The van der Waals surface area contributed by atoms with Crippen LogP contribution in [-0.4, -0.2) is 46.5 Å². The van der Waals surface area contributed by atoms with Crippen LogP contribution in [0.1, 0.15) is 53.9 Å². The van der Waals surface area contributed by atoms with Gasteiger partial charge in [0, 0.05) is 17.1 Å². The zero-order valence-corrected chi connectivity index (χ0v) is 16.7. The molecule has 0 aromatic rings. The van der Waals surface area contributed by atoms with E-state index in [1.54, 1.807) is 0 Å². The summed E-state index contributed by atoms with van der Waals surface area (Å²) in [5, 5.41) is 34.0. The smallest absolute Gasteiger partial charge is 0.156 e. The summed E-state index contributed by atoms with van der Waals surface area (Å²) in [4.78, 5) is 12.2. The van der Waals surface area contributed by atoms with Crippen molar-refractivity contribution in [3.8, 4) is 0 Å². The Morgan fingerprint density at radius 1 is 1.12 bits per heavy atom. The molecule has 0 spiro atoms. The van der Waals surface area contributed by atoms with Gasteiger partial charge in [-0.3, -0.25) is 4.79 Å². The number of carbonyl (C=O) groups is 1. The first-order valence-corrected chi connectivity index (χ1v) is 9.55. The molecule has 5 unspecified atom stereocenters. The van der Waals surface area contributed by atoms with Gasteiger partial charge in [0.05, 0.1) is 7.11 Å². The van der Waals surface area contributed by atoms with Gasteiger partial charge in [0.15, 0.2) is 6.29 Å². The summed E-state index contributed by atoms with van der Waals surface area (Å²) in [5.74, 6) is -0.139. The van der Waals surface area contributed by atoms with Crippen LogP contribution in [0.15, 0.2) is 22.5 Å². The van der Waals surface area contributed by atoms with Gasteiger partial charge in [-0.2, -0.15) is 0 Å². The van der Waals surface area contributed by atoms with E-state index in [-0.39, 0.29) is 16.9 Å². The number of fused-ring (bicyclic) bond motifs is 2. The predicted molar refractivity (Wildman–Crippen MR) is 98.2 cm³/mol. The second-order valence-corrected chi connectivity index (χ2v) is 9.45. The van der Waals surface area contributed by atoms with Crippen molar-refractivity contribution in [2.24, 2.45) is 22.7 Å². The first-order valence-electron chi connectivity index (χ1n) is 9.55. The average molecular weight is 364 g/mol. The third-order valence-electron chi connectivity index (χ3n) is 7.11. The van der Waals surface area contributed by atoms with Crippen molar-refractivity contribution in [1.29, 1.82) is 0 Å². The van der Waals surface area contributed by atoms with E-state index in [0.717, 1.165) is 19.3 Å². The van der Waals surface area contributed by atoms with Crippen molar-refractivity contribution in [2.75, 3.05) is 7.11 Å². The van der Waals surface area contributed by atoms with Crippen LogP contribution in [0.2, 0.25) is 0 Å². The lowest BCUT2D eigenvalue weighted by molar-refractivity contribution is -0.140. The first kappa shape index (κ1) is 19.6. The Morgan fingerprint density at radius 3 is 2.23 bits per heavy atom. The van der Waals surface area contributed by atoms with Crippen LogP contribution in [-0.2, 0) is 9.53 Å². The molecule has 5 heteroatoms. The monoisotopic (exact) mass is 364 g/mol. The quantitative estimate of drug-likeness (QED) is 0.529. The lowest BCUT2D eigenvalue weighted by atomic mass is 9.53. The van der Waals surface area contributed by atoms with Crippen molar-refractivity contribution in [3.05, 3.63) is 22.5 Å². The summed E-state index contributed by atoms with van der Waals surface area (Å²) >= 11 is 0. The van der Waals surface area contributed by atoms with Crippen LogP contribution >= 0.6 is 0 Å². The number of methoxy groups -OCH3 is 1. The standard InChI is InChI=1S/C21H32O5/c1-11(2)12-15(23)14-13(16(24)17(12)26-6)20(5)9-7-8-19(3,4)18(20)21(14,25)10-22/h10-11,15-16,18,23-25H,7-9H2,1-6H3. The first-order chi connectivity index (χ1) is 12.0. The van der Waals surface area contributed by atoms with Crippen molar-refractivity contribution < 1.29 is 24.9 Å². The molecule has 0 aliphatic heterocycles. The lowest BCUT2D eigenvalue weighted by Gasteiger charge is -2.52. The molecule has 1 saturated carbocycles. The van der Waals surface area contributed by atoms with Crippen molar-refractivity contribution in [3.63, 3.8) is 0 Å². The minimum atomic E-state index is -1.78. The van der Waals surface area contributed by atoms with E-state index in [1.807, 2.05) is 20.8 Å². The van der Waals surface area contributed by atoms with Gasteiger partial charge in [-0.25, -0.2) is 0 Å². The van der Waals surface area contributed by atoms with Gasteiger partial charge < -0.3 is 20.1 Å². The number of hydrogen-bond acceptors (Lipinski definition) is 5. The van der Waals surface area contributed by atoms with Crippen LogP contribution in [0.4, 0.5) is 0 Å². The van der Waals surface area contributed by atoms with Crippen LogP contribution in [0.25, 0.3) is 0 Å². The van der Waals surface area contributed by atoms with Gasteiger partial charge in [-0.1, -0.05) is 41.0 Å². The Balaban J connectivity index is 2.30. The maximum absolute atomic E-state index is 12.2. The number of ether oxygens (including phenoxy) is 1. The molecule has 0 radical (unpaired) electrons. The Kier molecular flexibility index (Phi) is 4.45. The average Bonchev–Trinajstić information content (AvgIpc) is 2.76. The van der Waals surface area contributed by atoms with Gasteiger partial charge in [0.1, 0.15) is 23.6 Å². The highest BCUT2D eigenvalue weighted by molar-refractivity contribution is 5.76. The van der Waals surface area contributed by atoms with Crippen molar-refractivity contribution in [1.82, 2.24) is 0 Å². The van der Waals surface area contributed by atoms with Gasteiger partial charge in [0.2, 0.25) is 0 Å². The van der Waals surface area contributed by atoms with Crippen LogP contribution in [0, 0.1) is 22.7 Å². The molecule has 5 nitrogen and oxygen atoms in total. The maximum Gasteiger partial charge on any atom is 0.156 e. The Bertz CT molecular complexity index is 689. The molecule has 0 heterocycles. The molecule has 1 fully saturated rings. The molecule has 3 N–H and O–H groups in total. The van der Waals surface area contributed by atoms with Crippen LogP contribution in [0.5, 0.6) is 0 Å². The van der Waals surface area contributed by atoms with Gasteiger partial charge in [-0.05, 0) is 35.2 Å². The second-order valence-electron chi connectivity index (χ2n) is 9.45. The lowest BCUT2D eigenvalue weighted by Crippen LogP contribution is -2.54. The summed E-state index contributed by atoms with van der Waals surface area (Å²) in [6.45, 7) is 9.95. The number of aldehydes is 1. The molecule has 0 amide bonds. The molecule has 5 atom stereocenters. The molecule has 3 rings (SSSR count). The minimum Gasteiger partial charge on any atom is -0.498 e. The fourth-order valence-electron chi connectivity index (χ4n) is 6.48. The highest BCUT2D eigenvalue weighted by Crippen LogP contribution is 2.67. The normalized spacial score (nSPS) is 42.0. The Hall–Kier alpha value is -1.17. The third-order valence-corrected chi connectivity index (χ3v) is 7.11. The van der Waals surface area contributed by atoms with E-state index >= 15 is 0 Å². The molecule has 146 valence electrons. The van der Waals surface area contributed by atoms with E-state index < -0.39 is 29.1 Å². The van der Waals surface area contributed by atoms with E-state index in [0.29, 0.717) is 23.2 Å². The highest BCUT2D eigenvalue weighted by atomic mass is 16.5. The van der Waals surface area contributed by atoms with E-state index in [9.17, 15) is 20.1 Å². The Labute approximate surface area is 155 Å². The molecular weight excluding hydrogens is 332 g/mol. The fraction of sp³-hybridized carbons (Fsp3) is 0.762. The fourth-order valence-corrected chi connectivity index (χ4v) is 6.48. The molecular formula is C21H32O5. The SMILES string of the molecule is COC1=C(C(C)C)C(O)C2=C(C1O)C1(C)CCCC(C)(C)C1C2(O)C=O. The van der Waals surface area contributed by atoms with E-state index in [4.69, 9.17) is 4.74 Å². The number of rotatable bonds is 3. The summed E-state index contributed by atoms with van der Waals surface area (Å²) in [6, 6.07) is 0. The molecule has 0 aromatic heterocycles. The highest BCUT2D eigenvalue weighted by Gasteiger charge is 2.68. The number of aliphatic hydroxyl groups is 3. The zero-order valence-electron chi connectivity index (χ0n) is 16.7. The third kappa shape index (κ3) is 2.23. The Morgan fingerprint density at radius 2 is 1.73 bits per heavy atom. The number of carbonyl (C=O) groups excluding carboxylic acids is 1. The summed E-state index contributed by atoms with van der Waals surface area (Å²) in [7, 11) is 1.49.